The van der Waals surface area contributed by atoms with Crippen molar-refractivity contribution in [2.24, 2.45) is 5.41 Å². The van der Waals surface area contributed by atoms with Gasteiger partial charge in [-0.3, -0.25) is 9.80 Å². The minimum atomic E-state index is -0.175. The highest BCUT2D eigenvalue weighted by atomic mass is 16.1. The Balaban J connectivity index is 2.60. The quantitative estimate of drug-likeness (QED) is 0.681. The van der Waals surface area contributed by atoms with E-state index in [1.807, 2.05) is 0 Å². The van der Waals surface area contributed by atoms with Crippen molar-refractivity contribution in [3.63, 3.8) is 0 Å². The van der Waals surface area contributed by atoms with Crippen molar-refractivity contribution in [1.29, 1.82) is 0 Å². The molecule has 0 saturated carbocycles. The van der Waals surface area contributed by atoms with Crippen molar-refractivity contribution in [1.82, 2.24) is 9.80 Å². The van der Waals surface area contributed by atoms with Crippen LogP contribution < -0.4 is 0 Å². The summed E-state index contributed by atoms with van der Waals surface area (Å²) in [5.74, 6) is 0. The number of likely N-dealkylation sites (N-methyl/N-ethyl adjacent to an activating group) is 1. The van der Waals surface area contributed by atoms with Gasteiger partial charge >= 0.3 is 0 Å². The summed E-state index contributed by atoms with van der Waals surface area (Å²) < 4.78 is 0. The van der Waals surface area contributed by atoms with Crippen LogP contribution in [-0.4, -0.2) is 54.9 Å². The summed E-state index contributed by atoms with van der Waals surface area (Å²) in [4.78, 5) is 15.9. The van der Waals surface area contributed by atoms with Crippen LogP contribution in [0.3, 0.4) is 0 Å². The lowest BCUT2D eigenvalue weighted by molar-refractivity contribution is -0.117. The highest BCUT2D eigenvalue weighted by Crippen LogP contribution is 2.24. The van der Waals surface area contributed by atoms with E-state index >= 15 is 0 Å². The molecule has 94 valence electrons. The maximum atomic E-state index is 11.1. The second-order valence-electron chi connectivity index (χ2n) is 6.07. The van der Waals surface area contributed by atoms with Crippen LogP contribution in [0.5, 0.6) is 0 Å². The average molecular weight is 226 g/mol. The zero-order valence-electron chi connectivity index (χ0n) is 11.4. The van der Waals surface area contributed by atoms with Gasteiger partial charge in [0.05, 0.1) is 0 Å². The van der Waals surface area contributed by atoms with Crippen molar-refractivity contribution >= 4 is 6.29 Å². The monoisotopic (exact) mass is 226 g/mol. The Bertz CT molecular complexity index is 252. The van der Waals surface area contributed by atoms with E-state index in [9.17, 15) is 4.79 Å². The van der Waals surface area contributed by atoms with Gasteiger partial charge in [0.15, 0.2) is 0 Å². The van der Waals surface area contributed by atoms with Crippen LogP contribution in [0.2, 0.25) is 0 Å². The first-order valence-corrected chi connectivity index (χ1v) is 6.23. The van der Waals surface area contributed by atoms with Gasteiger partial charge < -0.3 is 4.79 Å². The molecule has 1 unspecified atom stereocenters. The SMILES string of the molecule is CCC(C)(C=O)CN1CCN(C)C(C)(C)C1. The molecule has 0 aromatic heterocycles. The van der Waals surface area contributed by atoms with Gasteiger partial charge in [0.1, 0.15) is 6.29 Å². The van der Waals surface area contributed by atoms with Crippen LogP contribution in [0.4, 0.5) is 0 Å². The lowest BCUT2D eigenvalue weighted by Gasteiger charge is -2.47. The molecule has 16 heavy (non-hydrogen) atoms. The first-order chi connectivity index (χ1) is 7.33. The third kappa shape index (κ3) is 3.05. The van der Waals surface area contributed by atoms with E-state index in [0.29, 0.717) is 0 Å². The third-order valence-corrected chi connectivity index (χ3v) is 4.07. The Labute approximate surface area is 99.8 Å². The average Bonchev–Trinajstić information content (AvgIpc) is 2.23. The zero-order valence-corrected chi connectivity index (χ0v) is 11.4. The summed E-state index contributed by atoms with van der Waals surface area (Å²) in [6.07, 6.45) is 2.04. The van der Waals surface area contributed by atoms with Gasteiger partial charge in [0.25, 0.3) is 0 Å². The number of aldehydes is 1. The predicted molar refractivity (Wildman–Crippen MR) is 67.6 cm³/mol. The molecule has 1 aliphatic rings. The Kier molecular flexibility index (Phi) is 4.13. The number of carbonyl (C=O) groups is 1. The van der Waals surface area contributed by atoms with E-state index < -0.39 is 0 Å². The van der Waals surface area contributed by atoms with Gasteiger partial charge in [-0.1, -0.05) is 13.8 Å². The fourth-order valence-electron chi connectivity index (χ4n) is 2.22. The molecule has 3 heteroatoms. The summed E-state index contributed by atoms with van der Waals surface area (Å²) in [6, 6.07) is 0. The van der Waals surface area contributed by atoms with Gasteiger partial charge in [0, 0.05) is 37.1 Å². The van der Waals surface area contributed by atoms with Crippen LogP contribution in [0.25, 0.3) is 0 Å². The Morgan fingerprint density at radius 3 is 2.44 bits per heavy atom. The van der Waals surface area contributed by atoms with Crippen LogP contribution in [0.1, 0.15) is 34.1 Å². The summed E-state index contributed by atoms with van der Waals surface area (Å²) in [7, 11) is 2.18. The minimum Gasteiger partial charge on any atom is -0.303 e. The lowest BCUT2D eigenvalue weighted by atomic mass is 9.87. The lowest BCUT2D eigenvalue weighted by Crippen LogP contribution is -2.59. The third-order valence-electron chi connectivity index (χ3n) is 4.07. The molecule has 1 heterocycles. The van der Waals surface area contributed by atoms with Crippen LogP contribution in [0.15, 0.2) is 0 Å². The summed E-state index contributed by atoms with van der Waals surface area (Å²) in [5.41, 5.74) is 0.0434. The number of hydrogen-bond donors (Lipinski definition) is 0. The molecule has 0 aromatic carbocycles. The van der Waals surface area contributed by atoms with Gasteiger partial charge in [-0.25, -0.2) is 0 Å². The van der Waals surface area contributed by atoms with E-state index in [4.69, 9.17) is 0 Å². The second-order valence-corrected chi connectivity index (χ2v) is 6.07. The summed E-state index contributed by atoms with van der Waals surface area (Å²) in [5, 5.41) is 0. The van der Waals surface area contributed by atoms with Crippen molar-refractivity contribution in [3.05, 3.63) is 0 Å². The number of carbonyl (C=O) groups excluding carboxylic acids is 1. The maximum Gasteiger partial charge on any atom is 0.127 e. The smallest absolute Gasteiger partial charge is 0.127 e. The number of rotatable bonds is 4. The summed E-state index contributed by atoms with van der Waals surface area (Å²) >= 11 is 0. The Hall–Kier alpha value is -0.410. The van der Waals surface area contributed by atoms with Crippen molar-refractivity contribution in [3.8, 4) is 0 Å². The molecule has 0 aromatic rings. The highest BCUT2D eigenvalue weighted by Gasteiger charge is 2.34. The Morgan fingerprint density at radius 1 is 1.38 bits per heavy atom. The van der Waals surface area contributed by atoms with Gasteiger partial charge in [-0.05, 0) is 27.3 Å². The molecular weight excluding hydrogens is 200 g/mol. The Morgan fingerprint density at radius 2 is 2.00 bits per heavy atom. The topological polar surface area (TPSA) is 23.6 Å². The fraction of sp³-hybridized carbons (Fsp3) is 0.923. The zero-order chi connectivity index (χ0) is 12.4. The van der Waals surface area contributed by atoms with Gasteiger partial charge in [0.2, 0.25) is 0 Å². The highest BCUT2D eigenvalue weighted by molar-refractivity contribution is 5.58. The molecule has 0 bridgehead atoms. The molecule has 1 rings (SSSR count). The largest absolute Gasteiger partial charge is 0.303 e. The predicted octanol–water partition coefficient (Wildman–Crippen LogP) is 1.63. The standard InChI is InChI=1S/C13H26N2O/c1-6-13(4,11-16)10-15-8-7-14(5)12(2,3)9-15/h11H,6-10H2,1-5H3. The van der Waals surface area contributed by atoms with E-state index in [0.717, 1.165) is 38.9 Å². The number of hydrogen-bond acceptors (Lipinski definition) is 3. The first kappa shape index (κ1) is 13.7. The van der Waals surface area contributed by atoms with E-state index in [2.05, 4.69) is 44.5 Å². The van der Waals surface area contributed by atoms with Gasteiger partial charge in [-0.15, -0.1) is 0 Å². The minimum absolute atomic E-state index is 0.175. The van der Waals surface area contributed by atoms with Crippen molar-refractivity contribution in [2.75, 3.05) is 33.2 Å². The molecule has 0 amide bonds. The number of nitrogens with zero attached hydrogens (tertiary/aromatic N) is 2. The molecule has 1 aliphatic heterocycles. The van der Waals surface area contributed by atoms with Crippen molar-refractivity contribution in [2.45, 2.75) is 39.7 Å². The second kappa shape index (κ2) is 4.84. The maximum absolute atomic E-state index is 11.1. The van der Waals surface area contributed by atoms with Crippen molar-refractivity contribution < 1.29 is 4.79 Å². The molecule has 1 fully saturated rings. The van der Waals surface area contributed by atoms with Crippen LogP contribution in [-0.2, 0) is 4.79 Å². The normalized spacial score (nSPS) is 26.3. The molecule has 1 saturated heterocycles. The molecule has 3 nitrogen and oxygen atoms in total. The molecule has 0 N–H and O–H groups in total. The molecular formula is C13H26N2O. The first-order valence-electron chi connectivity index (χ1n) is 6.23. The van der Waals surface area contributed by atoms with E-state index in [1.54, 1.807) is 0 Å². The van der Waals surface area contributed by atoms with E-state index in [-0.39, 0.29) is 11.0 Å². The number of piperazine rings is 1. The molecule has 0 aliphatic carbocycles. The molecule has 0 spiro atoms. The van der Waals surface area contributed by atoms with Crippen LogP contribution >= 0.6 is 0 Å². The molecule has 1 atom stereocenters. The fourth-order valence-corrected chi connectivity index (χ4v) is 2.22. The molecule has 0 radical (unpaired) electrons. The summed E-state index contributed by atoms with van der Waals surface area (Å²) in [6.45, 7) is 12.8. The van der Waals surface area contributed by atoms with Gasteiger partial charge in [-0.2, -0.15) is 0 Å². The van der Waals surface area contributed by atoms with E-state index in [1.165, 1.54) is 0 Å². The van der Waals surface area contributed by atoms with Crippen LogP contribution in [0, 0.1) is 5.41 Å².